The number of hydrazone groups is 1. The second-order valence-electron chi connectivity index (χ2n) is 10.5. The SMILES string of the molecule is CN(C)c1ccc([C@@H]2CC(c3cccc(NS(C)(=O)=O)c3)=NN2c2nc(-c3ccccc3)c3cc(Cl)ccc3n2)cc1. The predicted molar refractivity (Wildman–Crippen MR) is 172 cm³/mol. The van der Waals surface area contributed by atoms with Crippen LogP contribution in [0.15, 0.2) is 102 Å². The Morgan fingerprint density at radius 1 is 0.881 bits per heavy atom. The summed E-state index contributed by atoms with van der Waals surface area (Å²) in [6, 6.07) is 31.0. The Morgan fingerprint density at radius 2 is 1.62 bits per heavy atom. The second-order valence-corrected chi connectivity index (χ2v) is 12.6. The van der Waals surface area contributed by atoms with Crippen LogP contribution in [-0.2, 0) is 10.0 Å². The second kappa shape index (κ2) is 11.1. The molecule has 0 radical (unpaired) electrons. The molecule has 0 saturated heterocycles. The molecule has 0 saturated carbocycles. The number of hydrogen-bond donors (Lipinski definition) is 1. The highest BCUT2D eigenvalue weighted by atomic mass is 35.5. The lowest BCUT2D eigenvalue weighted by Gasteiger charge is -2.23. The van der Waals surface area contributed by atoms with Crippen molar-refractivity contribution in [3.8, 4) is 11.3 Å². The van der Waals surface area contributed by atoms with E-state index in [9.17, 15) is 8.42 Å². The molecule has 0 spiro atoms. The molecule has 1 aliphatic rings. The number of rotatable bonds is 7. The first-order valence-corrected chi connectivity index (χ1v) is 15.7. The van der Waals surface area contributed by atoms with Crippen LogP contribution in [0, 0.1) is 0 Å². The number of hydrogen-bond acceptors (Lipinski definition) is 7. The molecule has 8 nitrogen and oxygen atoms in total. The number of aromatic nitrogens is 2. The normalized spacial score (nSPS) is 15.1. The zero-order valence-corrected chi connectivity index (χ0v) is 24.9. The largest absolute Gasteiger partial charge is 0.378 e. The van der Waals surface area contributed by atoms with Crippen LogP contribution in [-0.4, -0.2) is 44.4 Å². The molecule has 0 aliphatic carbocycles. The summed E-state index contributed by atoms with van der Waals surface area (Å²) in [4.78, 5) is 12.1. The Balaban J connectivity index is 1.50. The first-order valence-electron chi connectivity index (χ1n) is 13.4. The average Bonchev–Trinajstić information content (AvgIpc) is 3.42. The van der Waals surface area contributed by atoms with E-state index in [-0.39, 0.29) is 6.04 Å². The van der Waals surface area contributed by atoms with Gasteiger partial charge in [0.25, 0.3) is 0 Å². The van der Waals surface area contributed by atoms with E-state index in [0.29, 0.717) is 23.1 Å². The highest BCUT2D eigenvalue weighted by Gasteiger charge is 2.32. The predicted octanol–water partition coefficient (Wildman–Crippen LogP) is 6.74. The van der Waals surface area contributed by atoms with Crippen LogP contribution in [0.5, 0.6) is 0 Å². The number of nitrogens with zero attached hydrogens (tertiary/aromatic N) is 5. The Labute approximate surface area is 250 Å². The van der Waals surface area contributed by atoms with Gasteiger partial charge >= 0.3 is 0 Å². The van der Waals surface area contributed by atoms with Crippen LogP contribution in [0.2, 0.25) is 5.02 Å². The third-order valence-corrected chi connectivity index (χ3v) is 7.94. The lowest BCUT2D eigenvalue weighted by Crippen LogP contribution is -2.21. The van der Waals surface area contributed by atoms with Crippen LogP contribution in [0.3, 0.4) is 0 Å². The standard InChI is InChI=1S/C32H29ClN6O2S/c1-38(2)26-15-12-21(13-16-26)30-20-29(23-10-7-11-25(18-23)37-42(3,40)41)36-39(30)32-34-28-17-14-24(33)19-27(28)31(35-32)22-8-5-4-6-9-22/h4-19,30,37H,20H2,1-3H3/t30-/m0/s1. The molecule has 0 bridgehead atoms. The van der Waals surface area contributed by atoms with E-state index in [1.807, 2.05) is 79.8 Å². The molecule has 2 heterocycles. The maximum atomic E-state index is 11.9. The summed E-state index contributed by atoms with van der Waals surface area (Å²) in [5.41, 5.74) is 6.72. The van der Waals surface area contributed by atoms with Crippen molar-refractivity contribution in [1.82, 2.24) is 9.97 Å². The van der Waals surface area contributed by atoms with Crippen molar-refractivity contribution in [3.63, 3.8) is 0 Å². The number of anilines is 3. The molecule has 4 aromatic carbocycles. The fraction of sp³-hybridized carbons (Fsp3) is 0.156. The number of nitrogens with one attached hydrogen (secondary N) is 1. The van der Waals surface area contributed by atoms with Crippen molar-refractivity contribution in [2.75, 3.05) is 35.0 Å². The van der Waals surface area contributed by atoms with Gasteiger partial charge in [-0.3, -0.25) is 4.72 Å². The van der Waals surface area contributed by atoms with Gasteiger partial charge in [-0.15, -0.1) is 0 Å². The van der Waals surface area contributed by atoms with Gasteiger partial charge in [0.05, 0.1) is 29.2 Å². The van der Waals surface area contributed by atoms with Gasteiger partial charge in [-0.25, -0.2) is 23.4 Å². The van der Waals surface area contributed by atoms with Gasteiger partial charge in [0.1, 0.15) is 0 Å². The van der Waals surface area contributed by atoms with Crippen molar-refractivity contribution in [3.05, 3.63) is 113 Å². The smallest absolute Gasteiger partial charge is 0.247 e. The average molecular weight is 597 g/mol. The summed E-state index contributed by atoms with van der Waals surface area (Å²) in [5.74, 6) is 0.464. The molecule has 6 rings (SSSR count). The van der Waals surface area contributed by atoms with Crippen LogP contribution in [0.4, 0.5) is 17.3 Å². The Hall–Kier alpha value is -4.47. The van der Waals surface area contributed by atoms with Crippen LogP contribution >= 0.6 is 11.6 Å². The molecule has 1 N–H and O–H groups in total. The monoisotopic (exact) mass is 596 g/mol. The molecule has 1 aliphatic heterocycles. The highest BCUT2D eigenvalue weighted by molar-refractivity contribution is 7.92. The minimum atomic E-state index is -3.42. The molecule has 0 amide bonds. The van der Waals surface area contributed by atoms with E-state index in [1.165, 1.54) is 0 Å². The molecule has 212 valence electrons. The summed E-state index contributed by atoms with van der Waals surface area (Å²) in [7, 11) is 0.595. The summed E-state index contributed by atoms with van der Waals surface area (Å²) in [6.07, 6.45) is 1.71. The van der Waals surface area contributed by atoms with Crippen LogP contribution in [0.1, 0.15) is 23.6 Å². The Bertz CT molecular complexity index is 1910. The summed E-state index contributed by atoms with van der Waals surface area (Å²) in [6.45, 7) is 0. The van der Waals surface area contributed by atoms with Crippen molar-refractivity contribution in [1.29, 1.82) is 0 Å². The molecule has 0 unspecified atom stereocenters. The van der Waals surface area contributed by atoms with Crippen molar-refractivity contribution >= 4 is 55.6 Å². The van der Waals surface area contributed by atoms with Gasteiger partial charge < -0.3 is 4.90 Å². The number of halogens is 1. The van der Waals surface area contributed by atoms with E-state index in [4.69, 9.17) is 26.7 Å². The van der Waals surface area contributed by atoms with Gasteiger partial charge in [-0.05, 0) is 53.6 Å². The van der Waals surface area contributed by atoms with E-state index < -0.39 is 10.0 Å². The van der Waals surface area contributed by atoms with E-state index >= 15 is 0 Å². The Kier molecular flexibility index (Phi) is 7.30. The van der Waals surface area contributed by atoms with Gasteiger partial charge in [0, 0.05) is 47.9 Å². The third-order valence-electron chi connectivity index (χ3n) is 7.10. The maximum absolute atomic E-state index is 11.9. The molecule has 5 aromatic rings. The van der Waals surface area contributed by atoms with Crippen molar-refractivity contribution in [2.45, 2.75) is 12.5 Å². The number of sulfonamides is 1. The van der Waals surface area contributed by atoms with Crippen molar-refractivity contribution in [2.24, 2.45) is 5.10 Å². The van der Waals surface area contributed by atoms with E-state index in [2.05, 4.69) is 33.9 Å². The number of benzene rings is 4. The zero-order valence-electron chi connectivity index (χ0n) is 23.4. The molecule has 1 aromatic heterocycles. The molecular formula is C32H29ClN6O2S. The minimum absolute atomic E-state index is 0.184. The first-order chi connectivity index (χ1) is 20.1. The van der Waals surface area contributed by atoms with Gasteiger partial charge in [0.2, 0.25) is 16.0 Å². The fourth-order valence-electron chi connectivity index (χ4n) is 5.11. The topological polar surface area (TPSA) is 90.8 Å². The third kappa shape index (κ3) is 5.79. The summed E-state index contributed by atoms with van der Waals surface area (Å²) >= 11 is 6.39. The van der Waals surface area contributed by atoms with Gasteiger partial charge in [-0.1, -0.05) is 66.2 Å². The summed E-state index contributed by atoms with van der Waals surface area (Å²) < 4.78 is 26.3. The minimum Gasteiger partial charge on any atom is -0.378 e. The zero-order chi connectivity index (χ0) is 29.4. The Morgan fingerprint density at radius 3 is 2.33 bits per heavy atom. The molecule has 1 atom stereocenters. The lowest BCUT2D eigenvalue weighted by atomic mass is 9.98. The van der Waals surface area contributed by atoms with E-state index in [0.717, 1.165) is 50.9 Å². The van der Waals surface area contributed by atoms with Crippen LogP contribution in [0.25, 0.3) is 22.2 Å². The molecule has 42 heavy (non-hydrogen) atoms. The first kappa shape index (κ1) is 27.7. The maximum Gasteiger partial charge on any atom is 0.247 e. The molecule has 10 heteroatoms. The number of fused-ring (bicyclic) bond motifs is 1. The summed E-state index contributed by atoms with van der Waals surface area (Å²) in [5, 5.41) is 8.39. The van der Waals surface area contributed by atoms with Gasteiger partial charge in [0.15, 0.2) is 0 Å². The highest BCUT2D eigenvalue weighted by Crippen LogP contribution is 2.38. The van der Waals surface area contributed by atoms with E-state index in [1.54, 1.807) is 12.1 Å². The van der Waals surface area contributed by atoms with Gasteiger partial charge in [-0.2, -0.15) is 5.10 Å². The molecular weight excluding hydrogens is 568 g/mol. The molecule has 0 fully saturated rings. The van der Waals surface area contributed by atoms with Crippen molar-refractivity contribution < 1.29 is 8.42 Å². The van der Waals surface area contributed by atoms with Crippen LogP contribution < -0.4 is 14.6 Å². The quantitative estimate of drug-likeness (QED) is 0.224. The lowest BCUT2D eigenvalue weighted by molar-refractivity contribution is 0.607. The fourth-order valence-corrected chi connectivity index (χ4v) is 5.83.